The smallest absolute Gasteiger partial charge is 0.252 e. The van der Waals surface area contributed by atoms with Crippen molar-refractivity contribution >= 4 is 96.2 Å². The molecule has 0 amide bonds. The van der Waals surface area contributed by atoms with Crippen LogP contribution >= 0.6 is 0 Å². The number of furan rings is 1. The number of nitrogens with zero attached hydrogens (tertiary/aromatic N) is 3. The predicted octanol–water partition coefficient (Wildman–Crippen LogP) is 21.1. The van der Waals surface area contributed by atoms with Gasteiger partial charge in [-0.05, 0) is 224 Å². The number of anilines is 9. The zero-order valence-corrected chi connectivity index (χ0v) is 54.0. The molecule has 3 aliphatic carbocycles. The zero-order valence-electron chi connectivity index (χ0n) is 54.0. The van der Waals surface area contributed by atoms with Gasteiger partial charge in [0.25, 0.3) is 6.71 Å². The molecule has 3 heterocycles. The standard InChI is InChI=1S/C80H90BN3O/c1-49-40-60-62(79(13,14)38-36-77(60,9)10)46-66(49)83-68-44-57(82(55-30-26-53(27-31-55)75(3,4)5)56-32-28-54(29-33-56)76(6,7)8)34-35-64(68)81-65-45-59-58-24-20-21-25-72(58)85-73(59)48-69(65)84(71-43-52(42-70(83)74(71)81)51-22-18-17-19-23-51)67-47-63-61(41-50(67)2)78(11,12)37-39-80(63,15)16/h20-21,24-35,40-48,51H,17-19,22-23,36-39H2,1-16H3. The molecule has 0 atom stereocenters. The van der Waals surface area contributed by atoms with Crippen molar-refractivity contribution < 1.29 is 4.42 Å². The van der Waals surface area contributed by atoms with Crippen molar-refractivity contribution in [2.75, 3.05) is 14.7 Å². The normalized spacial score (nSPS) is 18.4. The minimum absolute atomic E-state index is 0.00963. The van der Waals surface area contributed by atoms with Gasteiger partial charge in [-0.1, -0.05) is 183 Å². The summed E-state index contributed by atoms with van der Waals surface area (Å²) in [7, 11) is 0. The Morgan fingerprint density at radius 3 is 1.39 bits per heavy atom. The quantitative estimate of drug-likeness (QED) is 0.155. The molecule has 8 aromatic carbocycles. The fourth-order valence-electron chi connectivity index (χ4n) is 16.1. The molecule has 0 radical (unpaired) electrons. The van der Waals surface area contributed by atoms with Crippen LogP contribution in [0, 0.1) is 13.8 Å². The lowest BCUT2D eigenvalue weighted by atomic mass is 9.33. The van der Waals surface area contributed by atoms with Gasteiger partial charge in [0.05, 0.1) is 0 Å². The summed E-state index contributed by atoms with van der Waals surface area (Å²) >= 11 is 0. The molecule has 0 spiro atoms. The Labute approximate surface area is 509 Å². The van der Waals surface area contributed by atoms with Crippen molar-refractivity contribution in [1.29, 1.82) is 0 Å². The van der Waals surface area contributed by atoms with E-state index in [1.807, 2.05) is 0 Å². The number of para-hydroxylation sites is 1. The molecule has 4 nitrogen and oxygen atoms in total. The number of fused-ring (bicyclic) bond motifs is 9. The van der Waals surface area contributed by atoms with E-state index in [-0.39, 0.29) is 39.2 Å². The topological polar surface area (TPSA) is 22.9 Å². The largest absolute Gasteiger partial charge is 0.456 e. The number of hydrogen-bond donors (Lipinski definition) is 0. The summed E-state index contributed by atoms with van der Waals surface area (Å²) in [5, 5.41) is 2.33. The maximum absolute atomic E-state index is 6.97. The molecule has 14 rings (SSSR count). The Bertz CT molecular complexity index is 4110. The van der Waals surface area contributed by atoms with Crippen molar-refractivity contribution in [2.24, 2.45) is 0 Å². The van der Waals surface area contributed by atoms with Crippen molar-refractivity contribution in [3.05, 3.63) is 190 Å². The number of aryl methyl sites for hydroxylation is 2. The fourth-order valence-corrected chi connectivity index (χ4v) is 16.1. The average molecular weight is 1120 g/mol. The molecule has 85 heavy (non-hydrogen) atoms. The molecule has 434 valence electrons. The van der Waals surface area contributed by atoms with Crippen LogP contribution in [-0.4, -0.2) is 6.71 Å². The summed E-state index contributed by atoms with van der Waals surface area (Å²) < 4.78 is 6.97. The molecule has 5 aliphatic rings. The molecule has 9 aromatic rings. The molecule has 0 unspecified atom stereocenters. The van der Waals surface area contributed by atoms with Crippen LogP contribution in [0.5, 0.6) is 0 Å². The first kappa shape index (κ1) is 55.9. The third-order valence-electron chi connectivity index (χ3n) is 21.7. The van der Waals surface area contributed by atoms with Gasteiger partial charge in [-0.15, -0.1) is 0 Å². The molecular formula is C80H90BN3O. The summed E-state index contributed by atoms with van der Waals surface area (Å²) in [4.78, 5) is 8.02. The maximum atomic E-state index is 6.97. The van der Waals surface area contributed by atoms with Crippen molar-refractivity contribution in [3.8, 4) is 0 Å². The van der Waals surface area contributed by atoms with Crippen LogP contribution in [-0.2, 0) is 32.5 Å². The summed E-state index contributed by atoms with van der Waals surface area (Å²) in [6, 6.07) is 55.8. The van der Waals surface area contributed by atoms with Gasteiger partial charge in [0.2, 0.25) is 0 Å². The van der Waals surface area contributed by atoms with Gasteiger partial charge in [-0.3, -0.25) is 0 Å². The van der Waals surface area contributed by atoms with Crippen LogP contribution < -0.4 is 31.1 Å². The van der Waals surface area contributed by atoms with Crippen LogP contribution in [0.25, 0.3) is 21.9 Å². The van der Waals surface area contributed by atoms with E-state index in [9.17, 15) is 0 Å². The molecule has 1 fully saturated rings. The number of benzene rings is 8. The van der Waals surface area contributed by atoms with Crippen molar-refractivity contribution in [3.63, 3.8) is 0 Å². The van der Waals surface area contributed by atoms with Crippen LogP contribution in [0.1, 0.15) is 211 Å². The van der Waals surface area contributed by atoms with Gasteiger partial charge in [0.1, 0.15) is 11.2 Å². The molecule has 0 saturated heterocycles. The lowest BCUT2D eigenvalue weighted by Gasteiger charge is -2.47. The summed E-state index contributed by atoms with van der Waals surface area (Å²) in [6.45, 7) is 38.5. The van der Waals surface area contributed by atoms with E-state index in [4.69, 9.17) is 4.42 Å². The van der Waals surface area contributed by atoms with E-state index < -0.39 is 0 Å². The highest BCUT2D eigenvalue weighted by molar-refractivity contribution is 7.00. The summed E-state index contributed by atoms with van der Waals surface area (Å²) in [5.41, 5.74) is 29.9. The molecule has 5 heteroatoms. The van der Waals surface area contributed by atoms with E-state index >= 15 is 0 Å². The Hall–Kier alpha value is -6.98. The van der Waals surface area contributed by atoms with Crippen LogP contribution in [0.4, 0.5) is 51.2 Å². The fraction of sp³-hybridized carbons (Fsp3) is 0.400. The van der Waals surface area contributed by atoms with Crippen molar-refractivity contribution in [2.45, 2.75) is 207 Å². The monoisotopic (exact) mass is 1120 g/mol. The highest BCUT2D eigenvalue weighted by Crippen LogP contribution is 2.55. The molecule has 2 aliphatic heterocycles. The minimum Gasteiger partial charge on any atom is -0.456 e. The Kier molecular flexibility index (Phi) is 12.7. The van der Waals surface area contributed by atoms with Crippen molar-refractivity contribution in [1.82, 2.24) is 0 Å². The Morgan fingerprint density at radius 1 is 0.435 bits per heavy atom. The second-order valence-electron chi connectivity index (χ2n) is 31.5. The van der Waals surface area contributed by atoms with Crippen LogP contribution in [0.2, 0.25) is 0 Å². The molecule has 1 aromatic heterocycles. The van der Waals surface area contributed by atoms with Gasteiger partial charge < -0.3 is 19.1 Å². The number of rotatable bonds is 6. The Balaban J connectivity index is 1.11. The van der Waals surface area contributed by atoms with Gasteiger partial charge in [-0.2, -0.15) is 0 Å². The average Bonchev–Trinajstić information content (AvgIpc) is 1.51. The van der Waals surface area contributed by atoms with Gasteiger partial charge >= 0.3 is 0 Å². The van der Waals surface area contributed by atoms with E-state index in [1.165, 1.54) is 151 Å². The maximum Gasteiger partial charge on any atom is 0.252 e. The first-order chi connectivity index (χ1) is 40.2. The van der Waals surface area contributed by atoms with Gasteiger partial charge in [0, 0.05) is 68.0 Å². The predicted molar refractivity (Wildman–Crippen MR) is 366 cm³/mol. The molecular weight excluding hydrogens is 1030 g/mol. The molecule has 0 bridgehead atoms. The summed E-state index contributed by atoms with van der Waals surface area (Å²) in [6.07, 6.45) is 10.9. The SMILES string of the molecule is Cc1cc2c(cc1N1c3cc(N(c4ccc(C(C)(C)C)cc4)c4ccc(C(C)(C)C)cc4)ccc3B3c4cc5c(cc4N(c4cc6c(cc4C)C(C)(C)CCC6(C)C)c4cc(C6CCCCC6)cc1c43)oc1ccccc15)C(C)(C)CCC2(C)C. The first-order valence-electron chi connectivity index (χ1n) is 32.4. The zero-order chi connectivity index (χ0) is 59.7. The number of hydrogen-bond acceptors (Lipinski definition) is 4. The second kappa shape index (κ2) is 19.3. The van der Waals surface area contributed by atoms with Gasteiger partial charge in [0.15, 0.2) is 0 Å². The third kappa shape index (κ3) is 9.04. The minimum atomic E-state index is -0.0813. The summed E-state index contributed by atoms with van der Waals surface area (Å²) in [5.74, 6) is 0.459. The van der Waals surface area contributed by atoms with E-state index in [1.54, 1.807) is 0 Å². The lowest BCUT2D eigenvalue weighted by molar-refractivity contribution is 0.332. The molecule has 0 N–H and O–H groups in total. The Morgan fingerprint density at radius 2 is 0.894 bits per heavy atom. The second-order valence-corrected chi connectivity index (χ2v) is 31.5. The van der Waals surface area contributed by atoms with Gasteiger partial charge in [-0.25, -0.2) is 0 Å². The van der Waals surface area contributed by atoms with Crippen LogP contribution in [0.15, 0.2) is 144 Å². The van der Waals surface area contributed by atoms with E-state index in [0.717, 1.165) is 46.5 Å². The lowest BCUT2D eigenvalue weighted by Crippen LogP contribution is -2.61. The third-order valence-corrected chi connectivity index (χ3v) is 21.7. The highest BCUT2D eigenvalue weighted by atomic mass is 16.3. The molecule has 1 saturated carbocycles. The van der Waals surface area contributed by atoms with Crippen LogP contribution in [0.3, 0.4) is 0 Å². The first-order valence-corrected chi connectivity index (χ1v) is 32.4. The van der Waals surface area contributed by atoms with E-state index in [0.29, 0.717) is 5.92 Å². The highest BCUT2D eigenvalue weighted by Gasteiger charge is 2.47. The van der Waals surface area contributed by atoms with E-state index in [2.05, 4.69) is 265 Å².